The van der Waals surface area contributed by atoms with E-state index in [0.29, 0.717) is 11.5 Å². The highest BCUT2D eigenvalue weighted by molar-refractivity contribution is 4.91. The Morgan fingerprint density at radius 2 is 2.00 bits per heavy atom. The summed E-state index contributed by atoms with van der Waals surface area (Å²) in [7, 11) is 0. The molecule has 0 saturated carbocycles. The largest absolute Gasteiger partial charge is 0.381 e. The van der Waals surface area contributed by atoms with Crippen LogP contribution in [0.2, 0.25) is 0 Å². The molecule has 2 atom stereocenters. The molecule has 1 rings (SSSR count). The molecule has 0 spiro atoms. The quantitative estimate of drug-likeness (QED) is 0.703. The topological polar surface area (TPSA) is 24.5 Å². The molecule has 3 heteroatoms. The standard InChI is InChI=1S/C18H38N2O/c1-7-9-11-20(16(3)8-2)14-18(10-12-21-15-18)13-19-17(4,5)6/h16,19H,7-15H2,1-6H3. The summed E-state index contributed by atoms with van der Waals surface area (Å²) in [5.74, 6) is 0. The summed E-state index contributed by atoms with van der Waals surface area (Å²) >= 11 is 0. The van der Waals surface area contributed by atoms with Gasteiger partial charge in [-0.25, -0.2) is 0 Å². The molecule has 1 N–H and O–H groups in total. The highest BCUT2D eigenvalue weighted by Crippen LogP contribution is 2.31. The van der Waals surface area contributed by atoms with Crippen LogP contribution in [0.25, 0.3) is 0 Å². The van der Waals surface area contributed by atoms with E-state index in [1.165, 1.54) is 38.8 Å². The molecule has 1 saturated heterocycles. The molecule has 2 unspecified atom stereocenters. The Labute approximate surface area is 132 Å². The van der Waals surface area contributed by atoms with Crippen molar-refractivity contribution in [3.63, 3.8) is 0 Å². The Balaban J connectivity index is 2.68. The van der Waals surface area contributed by atoms with Gasteiger partial charge in [-0.1, -0.05) is 20.3 Å². The third kappa shape index (κ3) is 6.66. The lowest BCUT2D eigenvalue weighted by Crippen LogP contribution is -2.51. The molecule has 3 nitrogen and oxygen atoms in total. The third-order valence-electron chi connectivity index (χ3n) is 4.73. The fourth-order valence-electron chi connectivity index (χ4n) is 2.93. The van der Waals surface area contributed by atoms with Crippen molar-refractivity contribution in [2.24, 2.45) is 5.41 Å². The summed E-state index contributed by atoms with van der Waals surface area (Å²) < 4.78 is 5.78. The fraction of sp³-hybridized carbons (Fsp3) is 1.00. The van der Waals surface area contributed by atoms with Gasteiger partial charge >= 0.3 is 0 Å². The SMILES string of the molecule is CCCCN(CC1(CNC(C)(C)C)CCOC1)C(C)CC. The molecule has 126 valence electrons. The predicted octanol–water partition coefficient (Wildman–Crippen LogP) is 3.68. The molecule has 0 amide bonds. The molecule has 0 aromatic heterocycles. The first kappa shape index (κ1) is 18.9. The van der Waals surface area contributed by atoms with Crippen molar-refractivity contribution in [1.29, 1.82) is 0 Å². The molecule has 1 aliphatic heterocycles. The summed E-state index contributed by atoms with van der Waals surface area (Å²) in [5, 5.41) is 3.72. The summed E-state index contributed by atoms with van der Waals surface area (Å²) in [6.45, 7) is 19.0. The number of nitrogens with zero attached hydrogens (tertiary/aromatic N) is 1. The van der Waals surface area contributed by atoms with Crippen molar-refractivity contribution in [1.82, 2.24) is 10.2 Å². The highest BCUT2D eigenvalue weighted by atomic mass is 16.5. The maximum Gasteiger partial charge on any atom is 0.0547 e. The molecule has 0 radical (unpaired) electrons. The smallest absolute Gasteiger partial charge is 0.0547 e. The highest BCUT2D eigenvalue weighted by Gasteiger charge is 2.37. The summed E-state index contributed by atoms with van der Waals surface area (Å²) in [5.41, 5.74) is 0.477. The zero-order chi connectivity index (χ0) is 15.9. The van der Waals surface area contributed by atoms with E-state index in [9.17, 15) is 0 Å². The normalized spacial score (nSPS) is 24.7. The molecule has 1 fully saturated rings. The van der Waals surface area contributed by atoms with Crippen LogP contribution in [0.3, 0.4) is 0 Å². The minimum atomic E-state index is 0.181. The van der Waals surface area contributed by atoms with E-state index in [2.05, 4.69) is 51.8 Å². The monoisotopic (exact) mass is 298 g/mol. The summed E-state index contributed by atoms with van der Waals surface area (Å²) in [4.78, 5) is 2.70. The average molecular weight is 299 g/mol. The summed E-state index contributed by atoms with van der Waals surface area (Å²) in [6, 6.07) is 0.670. The second-order valence-electron chi connectivity index (χ2n) is 7.99. The number of hydrogen-bond donors (Lipinski definition) is 1. The van der Waals surface area contributed by atoms with Crippen molar-refractivity contribution in [3.8, 4) is 0 Å². The molecular weight excluding hydrogens is 260 g/mol. The van der Waals surface area contributed by atoms with Crippen LogP contribution in [-0.4, -0.2) is 49.3 Å². The van der Waals surface area contributed by atoms with Gasteiger partial charge in [-0.3, -0.25) is 4.90 Å². The maximum absolute atomic E-state index is 5.78. The molecule has 1 heterocycles. The van der Waals surface area contributed by atoms with Crippen molar-refractivity contribution in [3.05, 3.63) is 0 Å². The van der Waals surface area contributed by atoms with Gasteiger partial charge in [-0.05, 0) is 53.5 Å². The number of hydrogen-bond acceptors (Lipinski definition) is 3. The van der Waals surface area contributed by atoms with E-state index in [-0.39, 0.29) is 5.54 Å². The van der Waals surface area contributed by atoms with Crippen LogP contribution in [0.1, 0.15) is 67.2 Å². The van der Waals surface area contributed by atoms with Gasteiger partial charge in [0.2, 0.25) is 0 Å². The zero-order valence-corrected chi connectivity index (χ0v) is 15.3. The van der Waals surface area contributed by atoms with Crippen LogP contribution in [0.15, 0.2) is 0 Å². The van der Waals surface area contributed by atoms with Gasteiger partial charge in [0.05, 0.1) is 6.61 Å². The van der Waals surface area contributed by atoms with Crippen molar-refractivity contribution in [2.75, 3.05) is 32.8 Å². The van der Waals surface area contributed by atoms with E-state index in [4.69, 9.17) is 4.74 Å². The van der Waals surface area contributed by atoms with Crippen molar-refractivity contribution in [2.45, 2.75) is 78.8 Å². The van der Waals surface area contributed by atoms with Crippen LogP contribution < -0.4 is 5.32 Å². The average Bonchev–Trinajstić information content (AvgIpc) is 2.89. The molecule has 0 bridgehead atoms. The Kier molecular flexibility index (Phi) is 7.66. The van der Waals surface area contributed by atoms with Crippen LogP contribution in [-0.2, 0) is 4.74 Å². The number of rotatable bonds is 9. The van der Waals surface area contributed by atoms with E-state index in [0.717, 1.165) is 19.8 Å². The Morgan fingerprint density at radius 1 is 1.29 bits per heavy atom. The van der Waals surface area contributed by atoms with Crippen LogP contribution in [0.4, 0.5) is 0 Å². The predicted molar refractivity (Wildman–Crippen MR) is 91.9 cm³/mol. The van der Waals surface area contributed by atoms with Crippen molar-refractivity contribution < 1.29 is 4.74 Å². The van der Waals surface area contributed by atoms with Crippen LogP contribution in [0.5, 0.6) is 0 Å². The van der Waals surface area contributed by atoms with Crippen molar-refractivity contribution >= 4 is 0 Å². The molecule has 21 heavy (non-hydrogen) atoms. The van der Waals surface area contributed by atoms with Gasteiger partial charge in [-0.2, -0.15) is 0 Å². The van der Waals surface area contributed by atoms with Gasteiger partial charge in [-0.15, -0.1) is 0 Å². The Hall–Kier alpha value is -0.120. The van der Waals surface area contributed by atoms with Gasteiger partial charge in [0, 0.05) is 36.7 Å². The minimum absolute atomic E-state index is 0.181. The maximum atomic E-state index is 5.78. The van der Waals surface area contributed by atoms with Crippen LogP contribution >= 0.6 is 0 Å². The first-order valence-corrected chi connectivity index (χ1v) is 8.89. The first-order valence-electron chi connectivity index (χ1n) is 8.89. The van der Waals surface area contributed by atoms with E-state index >= 15 is 0 Å². The van der Waals surface area contributed by atoms with Gasteiger partial charge < -0.3 is 10.1 Å². The third-order valence-corrected chi connectivity index (χ3v) is 4.73. The second kappa shape index (κ2) is 8.50. The van der Waals surface area contributed by atoms with E-state index in [1.54, 1.807) is 0 Å². The lowest BCUT2D eigenvalue weighted by atomic mass is 9.85. The molecule has 1 aliphatic rings. The second-order valence-corrected chi connectivity index (χ2v) is 7.99. The Morgan fingerprint density at radius 3 is 2.48 bits per heavy atom. The van der Waals surface area contributed by atoms with E-state index in [1.807, 2.05) is 0 Å². The Bertz CT molecular complexity index is 279. The van der Waals surface area contributed by atoms with Gasteiger partial charge in [0.1, 0.15) is 0 Å². The van der Waals surface area contributed by atoms with Gasteiger partial charge in [0.25, 0.3) is 0 Å². The van der Waals surface area contributed by atoms with E-state index < -0.39 is 0 Å². The molecular formula is C18H38N2O. The zero-order valence-electron chi connectivity index (χ0n) is 15.3. The van der Waals surface area contributed by atoms with Crippen LogP contribution in [0, 0.1) is 5.41 Å². The summed E-state index contributed by atoms with van der Waals surface area (Å²) in [6.07, 6.45) is 4.99. The lowest BCUT2D eigenvalue weighted by molar-refractivity contribution is 0.0820. The lowest BCUT2D eigenvalue weighted by Gasteiger charge is -2.39. The molecule has 0 aliphatic carbocycles. The number of nitrogens with one attached hydrogen (secondary N) is 1. The first-order chi connectivity index (χ1) is 9.82. The van der Waals surface area contributed by atoms with Gasteiger partial charge in [0.15, 0.2) is 0 Å². The number of unbranched alkanes of at least 4 members (excludes halogenated alkanes) is 1. The number of ether oxygens (including phenoxy) is 1. The fourth-order valence-corrected chi connectivity index (χ4v) is 2.93. The minimum Gasteiger partial charge on any atom is -0.381 e. The molecule has 0 aromatic rings. The molecule has 0 aromatic carbocycles.